The van der Waals surface area contributed by atoms with Gasteiger partial charge in [-0.1, -0.05) is 31.4 Å². The second-order valence-electron chi connectivity index (χ2n) is 5.07. The SMILES string of the molecule is CC1CCC(C(=O)c2cc(Cl)c(Br)cc2F)CC1. The Morgan fingerprint density at radius 2 is 1.94 bits per heavy atom. The maximum absolute atomic E-state index is 13.8. The van der Waals surface area contributed by atoms with Crippen LogP contribution < -0.4 is 0 Å². The molecule has 0 N–H and O–H groups in total. The molecule has 1 aliphatic carbocycles. The number of hydrogen-bond acceptors (Lipinski definition) is 1. The van der Waals surface area contributed by atoms with Gasteiger partial charge >= 0.3 is 0 Å². The first kappa shape index (κ1) is 14.0. The summed E-state index contributed by atoms with van der Waals surface area (Å²) in [6.07, 6.45) is 3.80. The molecule has 1 saturated carbocycles. The highest BCUT2D eigenvalue weighted by molar-refractivity contribution is 9.10. The van der Waals surface area contributed by atoms with E-state index >= 15 is 0 Å². The van der Waals surface area contributed by atoms with Crippen LogP contribution >= 0.6 is 27.5 Å². The molecule has 1 aliphatic rings. The second kappa shape index (κ2) is 5.70. The van der Waals surface area contributed by atoms with E-state index in [-0.39, 0.29) is 17.3 Å². The molecular weight excluding hydrogens is 319 g/mol. The van der Waals surface area contributed by atoms with Crippen molar-refractivity contribution in [3.8, 4) is 0 Å². The normalized spacial score (nSPS) is 24.0. The van der Waals surface area contributed by atoms with Crippen LogP contribution in [-0.4, -0.2) is 5.78 Å². The summed E-state index contributed by atoms with van der Waals surface area (Å²) in [5, 5.41) is 0.379. The average molecular weight is 334 g/mol. The molecule has 0 saturated heterocycles. The minimum Gasteiger partial charge on any atom is -0.294 e. The van der Waals surface area contributed by atoms with E-state index in [1.165, 1.54) is 12.1 Å². The molecule has 1 fully saturated rings. The van der Waals surface area contributed by atoms with Gasteiger partial charge in [0.05, 0.1) is 10.6 Å². The Labute approximate surface area is 120 Å². The van der Waals surface area contributed by atoms with Gasteiger partial charge in [0.2, 0.25) is 0 Å². The Hall–Kier alpha value is -0.410. The van der Waals surface area contributed by atoms with Crippen LogP contribution in [0.5, 0.6) is 0 Å². The van der Waals surface area contributed by atoms with Gasteiger partial charge in [0.15, 0.2) is 5.78 Å². The Morgan fingerprint density at radius 3 is 2.56 bits per heavy atom. The summed E-state index contributed by atoms with van der Waals surface area (Å²) in [4.78, 5) is 12.3. The van der Waals surface area contributed by atoms with Crippen LogP contribution in [0.3, 0.4) is 0 Å². The lowest BCUT2D eigenvalue weighted by Crippen LogP contribution is -2.21. The highest BCUT2D eigenvalue weighted by Crippen LogP contribution is 2.33. The molecule has 0 radical (unpaired) electrons. The van der Waals surface area contributed by atoms with E-state index in [0.717, 1.165) is 25.7 Å². The monoisotopic (exact) mass is 332 g/mol. The molecule has 0 aliphatic heterocycles. The molecule has 0 amide bonds. The fourth-order valence-electron chi connectivity index (χ4n) is 2.45. The fourth-order valence-corrected chi connectivity index (χ4v) is 2.93. The minimum absolute atomic E-state index is 0.0482. The molecule has 98 valence electrons. The maximum Gasteiger partial charge on any atom is 0.168 e. The average Bonchev–Trinajstić information content (AvgIpc) is 2.34. The lowest BCUT2D eigenvalue weighted by Gasteiger charge is -2.25. The molecule has 1 aromatic carbocycles. The van der Waals surface area contributed by atoms with Gasteiger partial charge in [-0.25, -0.2) is 4.39 Å². The topological polar surface area (TPSA) is 17.1 Å². The van der Waals surface area contributed by atoms with Crippen molar-refractivity contribution in [2.45, 2.75) is 32.6 Å². The zero-order valence-corrected chi connectivity index (χ0v) is 12.5. The third-order valence-corrected chi connectivity index (χ3v) is 4.86. The lowest BCUT2D eigenvalue weighted by atomic mass is 9.79. The van der Waals surface area contributed by atoms with E-state index in [0.29, 0.717) is 15.4 Å². The molecule has 1 aromatic rings. The maximum atomic E-state index is 13.8. The zero-order valence-electron chi connectivity index (χ0n) is 10.2. The van der Waals surface area contributed by atoms with Gasteiger partial charge in [0.1, 0.15) is 5.82 Å². The van der Waals surface area contributed by atoms with Gasteiger partial charge < -0.3 is 0 Å². The lowest BCUT2D eigenvalue weighted by molar-refractivity contribution is 0.0871. The number of benzene rings is 1. The minimum atomic E-state index is -0.491. The molecule has 0 aromatic heterocycles. The summed E-state index contributed by atoms with van der Waals surface area (Å²) >= 11 is 9.08. The highest BCUT2D eigenvalue weighted by Gasteiger charge is 2.27. The Morgan fingerprint density at radius 1 is 1.33 bits per heavy atom. The summed E-state index contributed by atoms with van der Waals surface area (Å²) in [5.41, 5.74) is 0.128. The fraction of sp³-hybridized carbons (Fsp3) is 0.500. The predicted molar refractivity (Wildman–Crippen MR) is 74.6 cm³/mol. The molecular formula is C14H15BrClFO. The van der Waals surface area contributed by atoms with Crippen molar-refractivity contribution in [2.75, 3.05) is 0 Å². The number of rotatable bonds is 2. The van der Waals surface area contributed by atoms with E-state index in [9.17, 15) is 9.18 Å². The van der Waals surface area contributed by atoms with Crippen molar-refractivity contribution >= 4 is 33.3 Å². The van der Waals surface area contributed by atoms with Crippen LogP contribution in [0.4, 0.5) is 4.39 Å². The van der Waals surface area contributed by atoms with Crippen LogP contribution in [0.1, 0.15) is 43.0 Å². The number of Topliss-reactive ketones (excluding diaryl/α,β-unsaturated/α-hetero) is 1. The molecule has 18 heavy (non-hydrogen) atoms. The second-order valence-corrected chi connectivity index (χ2v) is 6.33. The Balaban J connectivity index is 2.21. The first-order chi connectivity index (χ1) is 8.49. The van der Waals surface area contributed by atoms with Crippen LogP contribution in [0.25, 0.3) is 0 Å². The largest absolute Gasteiger partial charge is 0.294 e. The zero-order chi connectivity index (χ0) is 13.3. The number of hydrogen-bond donors (Lipinski definition) is 0. The predicted octanol–water partition coefficient (Wildman–Crippen LogP) is 5.25. The number of halogens is 3. The summed E-state index contributed by atoms with van der Waals surface area (Å²) in [5.74, 6) is 0.0315. The third-order valence-electron chi connectivity index (χ3n) is 3.66. The van der Waals surface area contributed by atoms with E-state index in [4.69, 9.17) is 11.6 Å². The van der Waals surface area contributed by atoms with E-state index in [1.54, 1.807) is 0 Å². The number of carbonyl (C=O) groups excluding carboxylic acids is 1. The molecule has 0 heterocycles. The molecule has 1 nitrogen and oxygen atoms in total. The number of ketones is 1. The molecule has 2 rings (SSSR count). The molecule has 0 spiro atoms. The Bertz CT molecular complexity index is 467. The quantitative estimate of drug-likeness (QED) is 0.533. The third kappa shape index (κ3) is 2.94. The standard InChI is InChI=1S/C14H15BrClFO/c1-8-2-4-9(5-3-8)14(18)10-6-12(16)11(15)7-13(10)17/h6-9H,2-5H2,1H3. The molecule has 4 heteroatoms. The summed E-state index contributed by atoms with van der Waals surface area (Å²) in [6.45, 7) is 2.19. The van der Waals surface area contributed by atoms with E-state index in [1.807, 2.05) is 0 Å². The highest BCUT2D eigenvalue weighted by atomic mass is 79.9. The first-order valence-corrected chi connectivity index (χ1v) is 7.35. The van der Waals surface area contributed by atoms with Crippen molar-refractivity contribution in [3.05, 3.63) is 33.0 Å². The van der Waals surface area contributed by atoms with Crippen molar-refractivity contribution in [2.24, 2.45) is 11.8 Å². The van der Waals surface area contributed by atoms with E-state index < -0.39 is 5.82 Å². The number of carbonyl (C=O) groups is 1. The first-order valence-electron chi connectivity index (χ1n) is 6.17. The van der Waals surface area contributed by atoms with Crippen molar-refractivity contribution in [3.63, 3.8) is 0 Å². The molecule has 0 atom stereocenters. The van der Waals surface area contributed by atoms with Gasteiger partial charge in [-0.2, -0.15) is 0 Å². The smallest absolute Gasteiger partial charge is 0.168 e. The van der Waals surface area contributed by atoms with Crippen LogP contribution in [0, 0.1) is 17.7 Å². The molecule has 0 unspecified atom stereocenters. The van der Waals surface area contributed by atoms with Crippen molar-refractivity contribution in [1.29, 1.82) is 0 Å². The van der Waals surface area contributed by atoms with Crippen LogP contribution in [0.2, 0.25) is 5.02 Å². The van der Waals surface area contributed by atoms with Gasteiger partial charge in [0.25, 0.3) is 0 Å². The van der Waals surface area contributed by atoms with Crippen molar-refractivity contribution in [1.82, 2.24) is 0 Å². The summed E-state index contributed by atoms with van der Waals surface area (Å²) in [6, 6.07) is 2.70. The summed E-state index contributed by atoms with van der Waals surface area (Å²) < 4.78 is 14.3. The summed E-state index contributed by atoms with van der Waals surface area (Å²) in [7, 11) is 0. The van der Waals surface area contributed by atoms with E-state index in [2.05, 4.69) is 22.9 Å². The van der Waals surface area contributed by atoms with Crippen LogP contribution in [-0.2, 0) is 0 Å². The molecule has 0 bridgehead atoms. The van der Waals surface area contributed by atoms with Crippen LogP contribution in [0.15, 0.2) is 16.6 Å². The van der Waals surface area contributed by atoms with Gasteiger partial charge in [0, 0.05) is 10.4 Å². The van der Waals surface area contributed by atoms with Gasteiger partial charge in [-0.3, -0.25) is 4.79 Å². The Kier molecular flexibility index (Phi) is 4.44. The van der Waals surface area contributed by atoms with Gasteiger partial charge in [-0.15, -0.1) is 0 Å². The van der Waals surface area contributed by atoms with Gasteiger partial charge in [-0.05, 0) is 46.8 Å². The van der Waals surface area contributed by atoms with Crippen molar-refractivity contribution < 1.29 is 9.18 Å².